The van der Waals surface area contributed by atoms with E-state index in [1.807, 2.05) is 18.2 Å². The molecule has 0 fully saturated rings. The number of rotatable bonds is 3. The monoisotopic (exact) mass is 353 g/mol. The molecule has 0 aromatic heterocycles. The smallest absolute Gasteiger partial charge is 0.259 e. The molecule has 3 nitrogen and oxygen atoms in total. The second-order valence-electron chi connectivity index (χ2n) is 4.19. The second-order valence-corrected chi connectivity index (χ2v) is 5.48. The highest BCUT2D eigenvalue weighted by Gasteiger charge is 2.17. The number of carbonyl (C=O) groups is 1. The van der Waals surface area contributed by atoms with Crippen molar-refractivity contribution in [1.29, 1.82) is 0 Å². The molecule has 0 N–H and O–H groups in total. The van der Waals surface area contributed by atoms with Gasteiger partial charge in [-0.15, -0.1) is 0 Å². The van der Waals surface area contributed by atoms with E-state index in [2.05, 4.69) is 15.9 Å². The fourth-order valence-electron chi connectivity index (χ4n) is 1.78. The van der Waals surface area contributed by atoms with Crippen molar-refractivity contribution in [3.8, 4) is 5.75 Å². The summed E-state index contributed by atoms with van der Waals surface area (Å²) in [6, 6.07) is 12.4. The summed E-state index contributed by atoms with van der Waals surface area (Å²) in [7, 11) is 3.30. The van der Waals surface area contributed by atoms with E-state index in [4.69, 9.17) is 16.3 Å². The van der Waals surface area contributed by atoms with Gasteiger partial charge >= 0.3 is 0 Å². The maximum Gasteiger partial charge on any atom is 0.259 e. The molecule has 0 aliphatic rings. The first-order valence-corrected chi connectivity index (χ1v) is 7.07. The van der Waals surface area contributed by atoms with Crippen molar-refractivity contribution in [3.63, 3.8) is 0 Å². The van der Waals surface area contributed by atoms with E-state index in [1.165, 1.54) is 0 Å². The maximum atomic E-state index is 12.5. The van der Waals surface area contributed by atoms with Crippen LogP contribution in [-0.4, -0.2) is 20.1 Å². The normalized spacial score (nSPS) is 10.2. The van der Waals surface area contributed by atoms with Gasteiger partial charge in [0, 0.05) is 28.3 Å². The van der Waals surface area contributed by atoms with E-state index < -0.39 is 0 Å². The van der Waals surface area contributed by atoms with Crippen LogP contribution in [0.4, 0.5) is 5.69 Å². The van der Waals surface area contributed by atoms with Crippen LogP contribution < -0.4 is 9.64 Å². The molecule has 5 heteroatoms. The lowest BCUT2D eigenvalue weighted by Crippen LogP contribution is -2.26. The van der Waals surface area contributed by atoms with Gasteiger partial charge in [0.05, 0.1) is 12.7 Å². The quantitative estimate of drug-likeness (QED) is 0.818. The molecule has 0 aliphatic heterocycles. The van der Waals surface area contributed by atoms with E-state index in [0.29, 0.717) is 20.8 Å². The van der Waals surface area contributed by atoms with Gasteiger partial charge in [0.15, 0.2) is 0 Å². The summed E-state index contributed by atoms with van der Waals surface area (Å²) >= 11 is 9.32. The summed E-state index contributed by atoms with van der Waals surface area (Å²) in [6.07, 6.45) is 0. The van der Waals surface area contributed by atoms with E-state index in [9.17, 15) is 4.79 Å². The summed E-state index contributed by atoms with van der Waals surface area (Å²) in [6.45, 7) is 0. The topological polar surface area (TPSA) is 29.5 Å². The van der Waals surface area contributed by atoms with Crippen molar-refractivity contribution in [2.24, 2.45) is 0 Å². The predicted octanol–water partition coefficient (Wildman–Crippen LogP) is 4.39. The van der Waals surface area contributed by atoms with Gasteiger partial charge in [0.1, 0.15) is 5.75 Å². The number of ether oxygens (including phenoxy) is 1. The SMILES string of the molecule is COc1cccc(N(C)C(=O)c2cc(Cl)ccc2Br)c1. The molecular formula is C15H13BrClNO2. The molecule has 2 rings (SSSR count). The Labute approximate surface area is 131 Å². The van der Waals surface area contributed by atoms with E-state index in [0.717, 1.165) is 5.69 Å². The summed E-state index contributed by atoms with van der Waals surface area (Å²) in [5.41, 5.74) is 1.27. The molecule has 0 heterocycles. The van der Waals surface area contributed by atoms with Gasteiger partial charge in [-0.2, -0.15) is 0 Å². The highest BCUT2D eigenvalue weighted by atomic mass is 79.9. The summed E-state index contributed by atoms with van der Waals surface area (Å²) in [5, 5.41) is 0.524. The molecule has 0 saturated carbocycles. The van der Waals surface area contributed by atoms with Crippen LogP contribution in [0.25, 0.3) is 0 Å². The number of carbonyl (C=O) groups excluding carboxylic acids is 1. The van der Waals surface area contributed by atoms with Gasteiger partial charge < -0.3 is 9.64 Å². The van der Waals surface area contributed by atoms with Crippen LogP contribution >= 0.6 is 27.5 Å². The number of benzene rings is 2. The number of hydrogen-bond donors (Lipinski definition) is 0. The highest BCUT2D eigenvalue weighted by Crippen LogP contribution is 2.26. The minimum absolute atomic E-state index is 0.146. The first-order valence-electron chi connectivity index (χ1n) is 5.90. The average molecular weight is 355 g/mol. The Morgan fingerprint density at radius 1 is 1.25 bits per heavy atom. The standard InChI is InChI=1S/C15H13BrClNO2/c1-18(11-4-3-5-12(9-11)20-2)15(19)13-8-10(17)6-7-14(13)16/h3-9H,1-2H3. The van der Waals surface area contributed by atoms with Crippen molar-refractivity contribution in [2.45, 2.75) is 0 Å². The Morgan fingerprint density at radius 3 is 2.70 bits per heavy atom. The molecule has 0 spiro atoms. The van der Waals surface area contributed by atoms with Crippen molar-refractivity contribution in [1.82, 2.24) is 0 Å². The van der Waals surface area contributed by atoms with Gasteiger partial charge in [0.2, 0.25) is 0 Å². The van der Waals surface area contributed by atoms with Gasteiger partial charge in [-0.25, -0.2) is 0 Å². The lowest BCUT2D eigenvalue weighted by atomic mass is 10.2. The summed E-state index contributed by atoms with van der Waals surface area (Å²) < 4.78 is 5.87. The predicted molar refractivity (Wildman–Crippen MR) is 84.9 cm³/mol. The second kappa shape index (κ2) is 6.29. The number of hydrogen-bond acceptors (Lipinski definition) is 2. The zero-order valence-electron chi connectivity index (χ0n) is 11.1. The average Bonchev–Trinajstić information content (AvgIpc) is 2.48. The number of halogens is 2. The fraction of sp³-hybridized carbons (Fsp3) is 0.133. The van der Waals surface area contributed by atoms with Crippen LogP contribution in [0.2, 0.25) is 5.02 Å². The molecule has 0 aliphatic carbocycles. The van der Waals surface area contributed by atoms with Crippen LogP contribution in [0.3, 0.4) is 0 Å². The van der Waals surface area contributed by atoms with Gasteiger partial charge in [-0.1, -0.05) is 17.7 Å². The lowest BCUT2D eigenvalue weighted by Gasteiger charge is -2.19. The van der Waals surface area contributed by atoms with E-state index in [-0.39, 0.29) is 5.91 Å². The number of methoxy groups -OCH3 is 1. The summed E-state index contributed by atoms with van der Waals surface area (Å²) in [5.74, 6) is 0.555. The third-order valence-corrected chi connectivity index (χ3v) is 3.83. The Hall–Kier alpha value is -1.52. The minimum Gasteiger partial charge on any atom is -0.497 e. The number of nitrogens with zero attached hydrogens (tertiary/aromatic N) is 1. The highest BCUT2D eigenvalue weighted by molar-refractivity contribution is 9.10. The number of amides is 1. The largest absolute Gasteiger partial charge is 0.497 e. The Morgan fingerprint density at radius 2 is 2.00 bits per heavy atom. The fourth-order valence-corrected chi connectivity index (χ4v) is 2.37. The maximum absolute atomic E-state index is 12.5. The molecule has 2 aromatic carbocycles. The molecule has 2 aromatic rings. The molecule has 0 atom stereocenters. The third kappa shape index (κ3) is 3.14. The van der Waals surface area contributed by atoms with Crippen molar-refractivity contribution < 1.29 is 9.53 Å². The third-order valence-electron chi connectivity index (χ3n) is 2.90. The zero-order chi connectivity index (χ0) is 14.7. The van der Waals surface area contributed by atoms with Crippen molar-refractivity contribution >= 4 is 39.1 Å². The van der Waals surface area contributed by atoms with Gasteiger partial charge in [-0.05, 0) is 46.3 Å². The molecule has 0 radical (unpaired) electrons. The zero-order valence-corrected chi connectivity index (χ0v) is 13.4. The van der Waals surface area contributed by atoms with Crippen LogP contribution in [0.1, 0.15) is 10.4 Å². The Bertz CT molecular complexity index is 646. The van der Waals surface area contributed by atoms with Crippen LogP contribution in [0.5, 0.6) is 5.75 Å². The Kier molecular flexibility index (Phi) is 4.68. The molecular weight excluding hydrogens is 342 g/mol. The van der Waals surface area contributed by atoms with Gasteiger partial charge in [0.25, 0.3) is 5.91 Å². The Balaban J connectivity index is 2.34. The van der Waals surface area contributed by atoms with Crippen molar-refractivity contribution in [2.75, 3.05) is 19.1 Å². The minimum atomic E-state index is -0.146. The van der Waals surface area contributed by atoms with Crippen LogP contribution in [0, 0.1) is 0 Å². The van der Waals surface area contributed by atoms with E-state index in [1.54, 1.807) is 43.3 Å². The number of anilines is 1. The molecule has 0 bridgehead atoms. The molecule has 0 unspecified atom stereocenters. The molecule has 20 heavy (non-hydrogen) atoms. The van der Waals surface area contributed by atoms with Crippen molar-refractivity contribution in [3.05, 3.63) is 57.5 Å². The summed E-state index contributed by atoms with van der Waals surface area (Å²) in [4.78, 5) is 14.1. The van der Waals surface area contributed by atoms with Crippen LogP contribution in [0.15, 0.2) is 46.9 Å². The lowest BCUT2D eigenvalue weighted by molar-refractivity contribution is 0.0992. The molecule has 0 saturated heterocycles. The molecule has 104 valence electrons. The van der Waals surface area contributed by atoms with E-state index >= 15 is 0 Å². The van der Waals surface area contributed by atoms with Gasteiger partial charge in [-0.3, -0.25) is 4.79 Å². The van der Waals surface area contributed by atoms with Crippen LogP contribution in [-0.2, 0) is 0 Å². The first kappa shape index (κ1) is 14.9. The molecule has 1 amide bonds. The first-order chi connectivity index (χ1) is 9.52.